The molecular formula is C11H19IN4O2. The molecule has 1 saturated heterocycles. The first-order valence-corrected chi connectivity index (χ1v) is 5.77. The molecule has 7 heteroatoms. The van der Waals surface area contributed by atoms with Gasteiger partial charge < -0.3 is 14.7 Å². The van der Waals surface area contributed by atoms with Crippen molar-refractivity contribution in [3.8, 4) is 0 Å². The van der Waals surface area contributed by atoms with Crippen LogP contribution in [0.4, 0.5) is 4.79 Å². The lowest BCUT2D eigenvalue weighted by Gasteiger charge is -2.35. The fourth-order valence-electron chi connectivity index (χ4n) is 2.05. The van der Waals surface area contributed by atoms with Gasteiger partial charge in [0.25, 0.3) is 0 Å². The Kier molecular flexibility index (Phi) is 5.24. The number of hydrogen-bond donors (Lipinski definition) is 0. The molecule has 0 bridgehead atoms. The van der Waals surface area contributed by atoms with Crippen molar-refractivity contribution in [3.05, 3.63) is 12.4 Å². The van der Waals surface area contributed by atoms with Gasteiger partial charge in [-0.05, 0) is 0 Å². The number of rotatable bonds is 0. The molecular weight excluding hydrogens is 347 g/mol. The van der Waals surface area contributed by atoms with Crippen LogP contribution in [0, 0.1) is 0 Å². The first-order chi connectivity index (χ1) is 8.08. The second kappa shape index (κ2) is 6.26. The highest BCUT2D eigenvalue weighted by atomic mass is 127. The molecule has 0 aromatic carbocycles. The molecule has 2 heterocycles. The Bertz CT molecular complexity index is 353. The van der Waals surface area contributed by atoms with Crippen molar-refractivity contribution in [2.75, 3.05) is 39.9 Å². The van der Waals surface area contributed by atoms with Gasteiger partial charge in [-0.2, -0.15) is 0 Å². The van der Waals surface area contributed by atoms with Crippen molar-refractivity contribution in [2.45, 2.75) is 6.92 Å². The molecule has 18 heavy (non-hydrogen) atoms. The summed E-state index contributed by atoms with van der Waals surface area (Å²) in [5.41, 5.74) is 0. The van der Waals surface area contributed by atoms with E-state index in [1.54, 1.807) is 27.8 Å². The lowest BCUT2D eigenvalue weighted by molar-refractivity contribution is -0.130. The number of piperazine rings is 1. The Morgan fingerprint density at radius 2 is 1.56 bits per heavy atom. The van der Waals surface area contributed by atoms with E-state index in [0.29, 0.717) is 32.8 Å². The molecule has 0 spiro atoms. The fourth-order valence-corrected chi connectivity index (χ4v) is 2.05. The summed E-state index contributed by atoms with van der Waals surface area (Å²) in [6.45, 7) is 4.67. The minimum absolute atomic E-state index is 0. The Balaban J connectivity index is 0.00000162. The molecule has 2 aliphatic rings. The quantitative estimate of drug-likeness (QED) is 0.589. The van der Waals surface area contributed by atoms with Crippen LogP contribution in [0.3, 0.4) is 0 Å². The van der Waals surface area contributed by atoms with Crippen LogP contribution in [0.15, 0.2) is 12.4 Å². The van der Waals surface area contributed by atoms with Gasteiger partial charge in [0, 0.05) is 52.6 Å². The fraction of sp³-hybridized carbons (Fsp3) is 0.636. The number of nitrogens with zero attached hydrogens (tertiary/aromatic N) is 4. The molecule has 0 saturated carbocycles. The maximum Gasteiger partial charge on any atom is 0.325 e. The number of amides is 3. The van der Waals surface area contributed by atoms with E-state index in [1.807, 2.05) is 18.1 Å². The molecule has 2 rings (SSSR count). The van der Waals surface area contributed by atoms with Gasteiger partial charge in [0.1, 0.15) is 0 Å². The van der Waals surface area contributed by atoms with Crippen molar-refractivity contribution < 1.29 is 9.59 Å². The molecule has 0 aliphatic carbocycles. The summed E-state index contributed by atoms with van der Waals surface area (Å²) in [6.07, 6.45) is 3.67. The summed E-state index contributed by atoms with van der Waals surface area (Å²) in [7, 11) is 1.93. The average Bonchev–Trinajstić information content (AvgIpc) is 2.75. The number of carbonyl (C=O) groups excluding carboxylic acids is 2. The highest BCUT2D eigenvalue weighted by Gasteiger charge is 2.26. The van der Waals surface area contributed by atoms with Gasteiger partial charge in [0.15, 0.2) is 0 Å². The zero-order chi connectivity index (χ0) is 12.4. The summed E-state index contributed by atoms with van der Waals surface area (Å²) < 4.78 is 0. The van der Waals surface area contributed by atoms with Gasteiger partial charge in [-0.15, -0.1) is 24.0 Å². The first kappa shape index (κ1) is 15.1. The van der Waals surface area contributed by atoms with Crippen LogP contribution in [-0.2, 0) is 4.79 Å². The van der Waals surface area contributed by atoms with Crippen molar-refractivity contribution in [1.82, 2.24) is 19.6 Å². The van der Waals surface area contributed by atoms with Gasteiger partial charge >= 0.3 is 6.03 Å². The first-order valence-electron chi connectivity index (χ1n) is 5.77. The van der Waals surface area contributed by atoms with Crippen LogP contribution in [0.2, 0.25) is 0 Å². The van der Waals surface area contributed by atoms with E-state index in [0.717, 1.165) is 0 Å². The zero-order valence-corrected chi connectivity index (χ0v) is 13.0. The maximum absolute atomic E-state index is 12.1. The molecule has 0 radical (unpaired) electrons. The third-order valence-electron chi connectivity index (χ3n) is 3.12. The van der Waals surface area contributed by atoms with E-state index >= 15 is 0 Å². The van der Waals surface area contributed by atoms with Gasteiger partial charge in [0.2, 0.25) is 5.91 Å². The van der Waals surface area contributed by atoms with Gasteiger partial charge in [-0.3, -0.25) is 9.69 Å². The topological polar surface area (TPSA) is 47.1 Å². The van der Waals surface area contributed by atoms with Gasteiger partial charge in [-0.25, -0.2) is 4.79 Å². The van der Waals surface area contributed by atoms with E-state index < -0.39 is 0 Å². The van der Waals surface area contributed by atoms with E-state index in [-0.39, 0.29) is 35.9 Å². The predicted molar refractivity (Wildman–Crippen MR) is 78.2 cm³/mol. The third kappa shape index (κ3) is 3.27. The van der Waals surface area contributed by atoms with Crippen LogP contribution >= 0.6 is 24.0 Å². The molecule has 0 aromatic heterocycles. The monoisotopic (exact) mass is 366 g/mol. The average molecular weight is 366 g/mol. The highest BCUT2D eigenvalue weighted by molar-refractivity contribution is 14.0. The SMILES string of the molecule is CC(=O)N1CCN(C(=O)N2C=CN(C)C2)CC1.I. The van der Waals surface area contributed by atoms with Crippen molar-refractivity contribution in [1.29, 1.82) is 0 Å². The third-order valence-corrected chi connectivity index (χ3v) is 3.12. The smallest absolute Gasteiger partial charge is 0.325 e. The molecule has 1 fully saturated rings. The molecule has 0 aromatic rings. The van der Waals surface area contributed by atoms with E-state index in [4.69, 9.17) is 0 Å². The van der Waals surface area contributed by atoms with Gasteiger partial charge in [-0.1, -0.05) is 0 Å². The van der Waals surface area contributed by atoms with E-state index in [9.17, 15) is 9.59 Å². The van der Waals surface area contributed by atoms with E-state index in [1.165, 1.54) is 0 Å². The predicted octanol–water partition coefficient (Wildman–Crippen LogP) is 0.565. The number of halogens is 1. The summed E-state index contributed by atoms with van der Waals surface area (Å²) in [5.74, 6) is 0.0814. The lowest BCUT2D eigenvalue weighted by atomic mass is 10.3. The summed E-state index contributed by atoms with van der Waals surface area (Å²) >= 11 is 0. The van der Waals surface area contributed by atoms with Gasteiger partial charge in [0.05, 0.1) is 6.67 Å². The van der Waals surface area contributed by atoms with Crippen molar-refractivity contribution in [3.63, 3.8) is 0 Å². The largest absolute Gasteiger partial charge is 0.361 e. The van der Waals surface area contributed by atoms with Crippen LogP contribution in [0.1, 0.15) is 6.92 Å². The Hall–Kier alpha value is -0.990. The Labute approximate surface area is 124 Å². The number of hydrogen-bond acceptors (Lipinski definition) is 3. The van der Waals surface area contributed by atoms with Crippen molar-refractivity contribution >= 4 is 35.9 Å². The van der Waals surface area contributed by atoms with Crippen LogP contribution in [0.25, 0.3) is 0 Å². The van der Waals surface area contributed by atoms with E-state index in [2.05, 4.69) is 0 Å². The summed E-state index contributed by atoms with van der Waals surface area (Å²) in [5, 5.41) is 0. The molecule has 102 valence electrons. The maximum atomic E-state index is 12.1. The highest BCUT2D eigenvalue weighted by Crippen LogP contribution is 2.10. The minimum atomic E-state index is 0. The second-order valence-corrected chi connectivity index (χ2v) is 4.44. The Morgan fingerprint density at radius 3 is 2.00 bits per heavy atom. The molecule has 2 aliphatic heterocycles. The normalized spacial score (nSPS) is 19.0. The summed E-state index contributed by atoms with van der Waals surface area (Å²) in [6, 6.07) is 0.0220. The molecule has 0 atom stereocenters. The summed E-state index contributed by atoms with van der Waals surface area (Å²) in [4.78, 5) is 30.5. The number of carbonyl (C=O) groups is 2. The molecule has 3 amide bonds. The Morgan fingerprint density at radius 1 is 1.00 bits per heavy atom. The standard InChI is InChI=1S/C11H18N4O2.HI/c1-10(16)13-5-7-14(8-6-13)11(17)15-4-3-12(2)9-15;/h3-4H,5-9H2,1-2H3;1H. The minimum Gasteiger partial charge on any atom is -0.361 e. The second-order valence-electron chi connectivity index (χ2n) is 4.44. The zero-order valence-electron chi connectivity index (χ0n) is 10.7. The van der Waals surface area contributed by atoms with Crippen molar-refractivity contribution in [2.24, 2.45) is 0 Å². The molecule has 0 N–H and O–H groups in total. The molecule has 0 unspecified atom stereocenters. The van der Waals surface area contributed by atoms with Crippen LogP contribution < -0.4 is 0 Å². The number of urea groups is 1. The van der Waals surface area contributed by atoms with Crippen LogP contribution in [0.5, 0.6) is 0 Å². The lowest BCUT2D eigenvalue weighted by Crippen LogP contribution is -2.53. The molecule has 6 nitrogen and oxygen atoms in total. The van der Waals surface area contributed by atoms with Crippen LogP contribution in [-0.4, -0.2) is 71.4 Å².